The number of halogens is 1. The Morgan fingerprint density at radius 2 is 2.17 bits per heavy atom. The standard InChI is InChI=1S/C9H9BrO.K/c1-2-3-7-6-8(10)4-5-9(7)11;/h2,4-6,11H,1,3H2;/q;+1/p-1. The minimum atomic E-state index is 0. The molecule has 0 atom stereocenters. The van der Waals surface area contributed by atoms with Crippen LogP contribution in [0.4, 0.5) is 0 Å². The van der Waals surface area contributed by atoms with Gasteiger partial charge in [0.05, 0.1) is 0 Å². The third-order valence-electron chi connectivity index (χ3n) is 1.39. The van der Waals surface area contributed by atoms with E-state index in [9.17, 15) is 5.11 Å². The summed E-state index contributed by atoms with van der Waals surface area (Å²) in [5, 5.41) is 11.1. The molecule has 0 unspecified atom stereocenters. The van der Waals surface area contributed by atoms with Crippen LogP contribution < -0.4 is 56.5 Å². The first kappa shape index (κ1) is 12.9. The fourth-order valence-electron chi connectivity index (χ4n) is 0.863. The van der Waals surface area contributed by atoms with Crippen molar-refractivity contribution in [2.24, 2.45) is 0 Å². The van der Waals surface area contributed by atoms with Crippen molar-refractivity contribution in [2.45, 2.75) is 6.42 Å². The molecule has 0 saturated heterocycles. The molecule has 3 heteroatoms. The summed E-state index contributed by atoms with van der Waals surface area (Å²) in [4.78, 5) is 0. The van der Waals surface area contributed by atoms with E-state index < -0.39 is 0 Å². The van der Waals surface area contributed by atoms with Crippen LogP contribution in [-0.4, -0.2) is 0 Å². The topological polar surface area (TPSA) is 23.1 Å². The van der Waals surface area contributed by atoms with Gasteiger partial charge in [-0.3, -0.25) is 0 Å². The summed E-state index contributed by atoms with van der Waals surface area (Å²) < 4.78 is 0.939. The van der Waals surface area contributed by atoms with Crippen molar-refractivity contribution < 1.29 is 56.5 Å². The van der Waals surface area contributed by atoms with Gasteiger partial charge in [-0.15, -0.1) is 12.3 Å². The van der Waals surface area contributed by atoms with Crippen LogP contribution in [0.3, 0.4) is 0 Å². The van der Waals surface area contributed by atoms with Crippen LogP contribution >= 0.6 is 15.9 Å². The quantitative estimate of drug-likeness (QED) is 0.501. The van der Waals surface area contributed by atoms with Gasteiger partial charge in [-0.05, 0) is 18.6 Å². The first-order valence-corrected chi connectivity index (χ1v) is 4.09. The van der Waals surface area contributed by atoms with Crippen LogP contribution in [0, 0.1) is 0 Å². The number of allylic oxidation sites excluding steroid dienone is 1. The van der Waals surface area contributed by atoms with Crippen LogP contribution in [0.15, 0.2) is 35.3 Å². The van der Waals surface area contributed by atoms with Gasteiger partial charge in [0.15, 0.2) is 0 Å². The fraction of sp³-hybridized carbons (Fsp3) is 0.111. The third-order valence-corrected chi connectivity index (χ3v) is 1.88. The molecule has 0 spiro atoms. The third kappa shape index (κ3) is 3.72. The van der Waals surface area contributed by atoms with Crippen molar-refractivity contribution in [2.75, 3.05) is 0 Å². The zero-order valence-electron chi connectivity index (χ0n) is 7.01. The molecule has 0 fully saturated rings. The molecule has 0 radical (unpaired) electrons. The number of benzene rings is 1. The van der Waals surface area contributed by atoms with E-state index in [1.807, 2.05) is 6.07 Å². The molecule has 1 aromatic carbocycles. The van der Waals surface area contributed by atoms with E-state index in [2.05, 4.69) is 22.5 Å². The Kier molecular flexibility index (Phi) is 6.81. The maximum Gasteiger partial charge on any atom is 1.00 e. The minimum Gasteiger partial charge on any atom is -0.872 e. The first-order chi connectivity index (χ1) is 5.24. The second-order valence-electron chi connectivity index (χ2n) is 2.24. The molecule has 0 aliphatic rings. The number of hydrogen-bond donors (Lipinski definition) is 0. The van der Waals surface area contributed by atoms with Crippen molar-refractivity contribution in [3.63, 3.8) is 0 Å². The Balaban J connectivity index is 0.00000121. The van der Waals surface area contributed by atoms with Crippen LogP contribution in [0.2, 0.25) is 0 Å². The van der Waals surface area contributed by atoms with E-state index >= 15 is 0 Å². The van der Waals surface area contributed by atoms with Crippen molar-refractivity contribution in [1.82, 2.24) is 0 Å². The van der Waals surface area contributed by atoms with Crippen LogP contribution in [0.25, 0.3) is 0 Å². The average Bonchev–Trinajstić information content (AvgIpc) is 1.98. The largest absolute Gasteiger partial charge is 1.00 e. The van der Waals surface area contributed by atoms with Gasteiger partial charge in [0, 0.05) is 4.47 Å². The number of rotatable bonds is 2. The SMILES string of the molecule is C=CCc1cc(Br)ccc1[O-].[K+]. The van der Waals surface area contributed by atoms with Crippen molar-refractivity contribution >= 4 is 15.9 Å². The maximum absolute atomic E-state index is 11.1. The molecule has 58 valence electrons. The maximum atomic E-state index is 11.1. The number of hydrogen-bond acceptors (Lipinski definition) is 1. The molecule has 1 nitrogen and oxygen atoms in total. The van der Waals surface area contributed by atoms with Gasteiger partial charge < -0.3 is 5.11 Å². The zero-order chi connectivity index (χ0) is 8.27. The Bertz CT molecular complexity index is 273. The van der Waals surface area contributed by atoms with E-state index in [0.717, 1.165) is 10.0 Å². The molecule has 0 saturated carbocycles. The monoisotopic (exact) mass is 250 g/mol. The van der Waals surface area contributed by atoms with Crippen LogP contribution in [-0.2, 0) is 6.42 Å². The van der Waals surface area contributed by atoms with Crippen molar-refractivity contribution in [3.8, 4) is 5.75 Å². The van der Waals surface area contributed by atoms with Crippen molar-refractivity contribution in [3.05, 3.63) is 40.9 Å². The van der Waals surface area contributed by atoms with Gasteiger partial charge in [0.25, 0.3) is 0 Å². The van der Waals surface area contributed by atoms with Gasteiger partial charge in [-0.2, -0.15) is 0 Å². The van der Waals surface area contributed by atoms with Gasteiger partial charge in [-0.1, -0.05) is 33.6 Å². The Labute approximate surface area is 123 Å². The van der Waals surface area contributed by atoms with E-state index in [-0.39, 0.29) is 57.1 Å². The summed E-state index contributed by atoms with van der Waals surface area (Å²) in [6, 6.07) is 5.13. The van der Waals surface area contributed by atoms with E-state index in [1.54, 1.807) is 18.2 Å². The molecule has 0 aliphatic carbocycles. The van der Waals surface area contributed by atoms with Crippen LogP contribution in [0.5, 0.6) is 5.75 Å². The summed E-state index contributed by atoms with van der Waals surface area (Å²) in [5.41, 5.74) is 0.786. The molecule has 12 heavy (non-hydrogen) atoms. The van der Waals surface area contributed by atoms with E-state index in [0.29, 0.717) is 6.42 Å². The van der Waals surface area contributed by atoms with Gasteiger partial charge in [0.2, 0.25) is 0 Å². The van der Waals surface area contributed by atoms with Gasteiger partial charge in [0.1, 0.15) is 0 Å². The zero-order valence-corrected chi connectivity index (χ0v) is 11.7. The first-order valence-electron chi connectivity index (χ1n) is 3.30. The molecule has 0 heterocycles. The summed E-state index contributed by atoms with van der Waals surface area (Å²) in [6.07, 6.45) is 2.36. The Morgan fingerprint density at radius 3 is 2.75 bits per heavy atom. The molecule has 1 rings (SSSR count). The molecule has 0 N–H and O–H groups in total. The molecule has 0 amide bonds. The van der Waals surface area contributed by atoms with Gasteiger partial charge in [-0.25, -0.2) is 0 Å². The normalized spacial score (nSPS) is 8.75. The molecule has 0 aromatic heterocycles. The molecular formula is C9H8BrKO. The molecule has 1 aromatic rings. The molecular weight excluding hydrogens is 243 g/mol. The molecule has 0 aliphatic heterocycles. The summed E-state index contributed by atoms with van der Waals surface area (Å²) in [7, 11) is 0. The van der Waals surface area contributed by atoms with E-state index in [1.165, 1.54) is 0 Å². The summed E-state index contributed by atoms with van der Waals surface area (Å²) in [5.74, 6) is 0.0769. The summed E-state index contributed by atoms with van der Waals surface area (Å²) >= 11 is 3.29. The Hall–Kier alpha value is 0.876. The second-order valence-corrected chi connectivity index (χ2v) is 3.16. The van der Waals surface area contributed by atoms with Crippen molar-refractivity contribution in [1.29, 1.82) is 0 Å². The van der Waals surface area contributed by atoms with E-state index in [4.69, 9.17) is 0 Å². The fourth-order valence-corrected chi connectivity index (χ4v) is 1.27. The predicted octanol–water partition coefficient (Wildman–Crippen LogP) is -0.745. The average molecular weight is 251 g/mol. The molecule has 0 bridgehead atoms. The summed E-state index contributed by atoms with van der Waals surface area (Å²) in [6.45, 7) is 3.57. The van der Waals surface area contributed by atoms with Gasteiger partial charge >= 0.3 is 51.4 Å². The Morgan fingerprint density at radius 1 is 1.50 bits per heavy atom. The smallest absolute Gasteiger partial charge is 0.872 e. The second kappa shape index (κ2) is 6.35. The predicted molar refractivity (Wildman–Crippen MR) is 47.5 cm³/mol. The van der Waals surface area contributed by atoms with Crippen LogP contribution in [0.1, 0.15) is 5.56 Å². The minimum absolute atomic E-state index is 0.